The first-order chi connectivity index (χ1) is 15.6. The zero-order chi connectivity index (χ0) is 22.2. The Morgan fingerprint density at radius 1 is 1.12 bits per heavy atom. The Hall–Kier alpha value is -1.78. The quantitative estimate of drug-likeness (QED) is 0.466. The largest absolute Gasteiger partial charge is 0.493 e. The molecule has 10 heteroatoms. The van der Waals surface area contributed by atoms with E-state index in [1.807, 2.05) is 30.3 Å². The third-order valence-electron chi connectivity index (χ3n) is 5.65. The highest BCUT2D eigenvalue weighted by Gasteiger charge is 2.48. The van der Waals surface area contributed by atoms with Crippen LogP contribution in [0, 0.1) is 0 Å². The van der Waals surface area contributed by atoms with Crippen LogP contribution in [0.4, 0.5) is 11.5 Å². The average Bonchev–Trinajstić information content (AvgIpc) is 3.39. The molecule has 0 aliphatic carbocycles. The number of ether oxygens (including phenoxy) is 4. The van der Waals surface area contributed by atoms with Crippen LogP contribution in [0.1, 0.15) is 0 Å². The smallest absolute Gasteiger partial charge is 0.164 e. The van der Waals surface area contributed by atoms with Crippen LogP contribution >= 0.6 is 39.3 Å². The first kappa shape index (κ1) is 22.0. The molecule has 1 N–H and O–H groups in total. The molecule has 0 unspecified atom stereocenters. The van der Waals surface area contributed by atoms with Crippen LogP contribution in [0.2, 0.25) is 5.02 Å². The summed E-state index contributed by atoms with van der Waals surface area (Å²) in [5.74, 6) is 1.83. The molecule has 1 aromatic heterocycles. The maximum absolute atomic E-state index is 6.31. The van der Waals surface area contributed by atoms with Gasteiger partial charge in [0.25, 0.3) is 0 Å². The predicted molar refractivity (Wildman–Crippen MR) is 130 cm³/mol. The Labute approximate surface area is 203 Å². The van der Waals surface area contributed by atoms with Gasteiger partial charge in [-0.1, -0.05) is 11.6 Å². The van der Waals surface area contributed by atoms with Gasteiger partial charge in [-0.3, -0.25) is 0 Å². The fourth-order valence-corrected chi connectivity index (χ4v) is 5.16. The topological polar surface area (TPSA) is 74.7 Å². The number of thioether (sulfide) groups is 1. The second-order valence-electron chi connectivity index (χ2n) is 7.52. The second kappa shape index (κ2) is 9.23. The molecule has 168 valence electrons. The van der Waals surface area contributed by atoms with E-state index in [1.54, 1.807) is 18.9 Å². The Morgan fingerprint density at radius 3 is 2.75 bits per heavy atom. The molecule has 0 amide bonds. The Balaban J connectivity index is 1.43. The van der Waals surface area contributed by atoms with Gasteiger partial charge in [0.1, 0.15) is 24.4 Å². The average molecular weight is 539 g/mol. The molecule has 0 saturated carbocycles. The van der Waals surface area contributed by atoms with Crippen molar-refractivity contribution in [1.29, 1.82) is 0 Å². The minimum Gasteiger partial charge on any atom is -0.493 e. The SMILES string of the molecule is COc1cc2c(Nc3ccc(Br)c(Cl)c3)ncnc2cc1O[C@H]1CO[C@H]2[C@@H]1OC[C@@H]2SC. The van der Waals surface area contributed by atoms with E-state index in [-0.39, 0.29) is 18.3 Å². The van der Waals surface area contributed by atoms with Crippen molar-refractivity contribution in [3.63, 3.8) is 0 Å². The predicted octanol–water partition coefficient (Wildman–Crippen LogP) is 5.07. The number of halogens is 2. The molecule has 32 heavy (non-hydrogen) atoms. The summed E-state index contributed by atoms with van der Waals surface area (Å²) in [5, 5.41) is 5.05. The van der Waals surface area contributed by atoms with Gasteiger partial charge in [-0.15, -0.1) is 0 Å². The highest BCUT2D eigenvalue weighted by molar-refractivity contribution is 9.10. The van der Waals surface area contributed by atoms with Crippen LogP contribution in [-0.2, 0) is 9.47 Å². The van der Waals surface area contributed by atoms with Gasteiger partial charge in [0.05, 0.1) is 36.1 Å². The summed E-state index contributed by atoms with van der Waals surface area (Å²) in [5.41, 5.74) is 1.54. The number of aromatic nitrogens is 2. The Bertz CT molecular complexity index is 1150. The van der Waals surface area contributed by atoms with Gasteiger partial charge in [0.2, 0.25) is 0 Å². The fraction of sp³-hybridized carbons (Fsp3) is 0.364. The molecular weight excluding hydrogens is 518 g/mol. The van der Waals surface area contributed by atoms with Gasteiger partial charge in [0, 0.05) is 21.6 Å². The molecule has 4 atom stereocenters. The summed E-state index contributed by atoms with van der Waals surface area (Å²) in [4.78, 5) is 8.84. The molecule has 7 nitrogen and oxygen atoms in total. The van der Waals surface area contributed by atoms with E-state index in [9.17, 15) is 0 Å². The van der Waals surface area contributed by atoms with Crippen LogP contribution in [0.3, 0.4) is 0 Å². The third-order valence-corrected chi connectivity index (χ3v) is 7.89. The summed E-state index contributed by atoms with van der Waals surface area (Å²) in [6, 6.07) is 9.36. The van der Waals surface area contributed by atoms with E-state index in [0.717, 1.165) is 21.1 Å². The van der Waals surface area contributed by atoms with Crippen molar-refractivity contribution in [3.05, 3.63) is 46.2 Å². The van der Waals surface area contributed by atoms with Crippen molar-refractivity contribution in [2.45, 2.75) is 23.6 Å². The van der Waals surface area contributed by atoms with E-state index >= 15 is 0 Å². The molecule has 3 aromatic rings. The molecular formula is C22H21BrClN3O4S. The van der Waals surface area contributed by atoms with Gasteiger partial charge in [0.15, 0.2) is 17.6 Å². The lowest BCUT2D eigenvalue weighted by atomic mass is 10.1. The maximum atomic E-state index is 6.31. The normalized spacial score (nSPS) is 24.5. The monoisotopic (exact) mass is 537 g/mol. The third kappa shape index (κ3) is 4.12. The van der Waals surface area contributed by atoms with Gasteiger partial charge in [-0.25, -0.2) is 9.97 Å². The summed E-state index contributed by atoms with van der Waals surface area (Å²) in [7, 11) is 1.61. The molecule has 3 heterocycles. The van der Waals surface area contributed by atoms with Crippen LogP contribution in [-0.4, -0.2) is 60.1 Å². The van der Waals surface area contributed by atoms with Crippen molar-refractivity contribution in [2.24, 2.45) is 0 Å². The summed E-state index contributed by atoms with van der Waals surface area (Å²) in [6.45, 7) is 1.15. The Kier molecular flexibility index (Phi) is 6.35. The Morgan fingerprint density at radius 2 is 1.97 bits per heavy atom. The number of hydrogen-bond acceptors (Lipinski definition) is 8. The van der Waals surface area contributed by atoms with Crippen molar-refractivity contribution in [3.8, 4) is 11.5 Å². The molecule has 2 fully saturated rings. The summed E-state index contributed by atoms with van der Waals surface area (Å²) < 4.78 is 24.7. The lowest BCUT2D eigenvalue weighted by molar-refractivity contribution is 0.0299. The zero-order valence-corrected chi connectivity index (χ0v) is 20.5. The van der Waals surface area contributed by atoms with Crippen LogP contribution in [0.25, 0.3) is 10.9 Å². The maximum Gasteiger partial charge on any atom is 0.164 e. The highest BCUT2D eigenvalue weighted by atomic mass is 79.9. The van der Waals surface area contributed by atoms with E-state index in [2.05, 4.69) is 37.5 Å². The molecule has 0 bridgehead atoms. The van der Waals surface area contributed by atoms with Gasteiger partial charge in [-0.05, 0) is 46.5 Å². The number of nitrogens with one attached hydrogen (secondary N) is 1. The van der Waals surface area contributed by atoms with Crippen LogP contribution < -0.4 is 14.8 Å². The number of methoxy groups -OCH3 is 1. The number of benzene rings is 2. The van der Waals surface area contributed by atoms with Crippen molar-refractivity contribution in [2.75, 3.05) is 31.9 Å². The standard InChI is InChI=1S/C22H21BrClN3O4S/c1-28-16-6-12-15(25-10-26-22(12)27-11-3-4-13(23)14(24)5-11)7-17(16)31-18-8-29-21-19(32-2)9-30-20(18)21/h3-7,10,18-21H,8-9H2,1-2H3,(H,25,26,27)/t18-,19-,20+,21+/m0/s1. The minimum atomic E-state index is -0.201. The number of fused-ring (bicyclic) bond motifs is 2. The molecule has 2 saturated heterocycles. The lowest BCUT2D eigenvalue weighted by Gasteiger charge is -2.20. The van der Waals surface area contributed by atoms with Crippen LogP contribution in [0.15, 0.2) is 41.1 Å². The minimum absolute atomic E-state index is 0.0531. The van der Waals surface area contributed by atoms with E-state index in [4.69, 9.17) is 30.5 Å². The first-order valence-corrected chi connectivity index (χ1v) is 12.5. The number of anilines is 2. The summed E-state index contributed by atoms with van der Waals surface area (Å²) >= 11 is 11.4. The molecule has 2 aliphatic rings. The van der Waals surface area contributed by atoms with E-state index < -0.39 is 0 Å². The number of rotatable bonds is 6. The van der Waals surface area contributed by atoms with E-state index in [0.29, 0.717) is 40.8 Å². The second-order valence-corrected chi connectivity index (χ2v) is 9.86. The van der Waals surface area contributed by atoms with Crippen molar-refractivity contribution < 1.29 is 18.9 Å². The van der Waals surface area contributed by atoms with E-state index in [1.165, 1.54) is 6.33 Å². The zero-order valence-electron chi connectivity index (χ0n) is 17.4. The van der Waals surface area contributed by atoms with Crippen molar-refractivity contribution >= 4 is 61.7 Å². The van der Waals surface area contributed by atoms with Crippen molar-refractivity contribution in [1.82, 2.24) is 9.97 Å². The molecule has 2 aliphatic heterocycles. The van der Waals surface area contributed by atoms with Crippen LogP contribution in [0.5, 0.6) is 11.5 Å². The molecule has 0 spiro atoms. The molecule has 5 rings (SSSR count). The van der Waals surface area contributed by atoms with Gasteiger partial charge < -0.3 is 24.3 Å². The highest BCUT2D eigenvalue weighted by Crippen LogP contribution is 2.39. The first-order valence-electron chi connectivity index (χ1n) is 10.0. The molecule has 2 aromatic carbocycles. The fourth-order valence-electron chi connectivity index (χ4n) is 4.02. The summed E-state index contributed by atoms with van der Waals surface area (Å²) in [6.07, 6.45) is 3.36. The lowest BCUT2D eigenvalue weighted by Crippen LogP contribution is -2.34. The van der Waals surface area contributed by atoms with Gasteiger partial charge >= 0.3 is 0 Å². The number of hydrogen-bond donors (Lipinski definition) is 1. The number of nitrogens with zero attached hydrogens (tertiary/aromatic N) is 2. The van der Waals surface area contributed by atoms with Gasteiger partial charge in [-0.2, -0.15) is 11.8 Å². The molecule has 0 radical (unpaired) electrons.